The third-order valence-electron chi connectivity index (χ3n) is 1.74. The van der Waals surface area contributed by atoms with Gasteiger partial charge in [-0.3, -0.25) is 4.79 Å². The number of nitrogens with zero attached hydrogens (tertiary/aromatic N) is 1. The third kappa shape index (κ3) is 2.60. The first kappa shape index (κ1) is 11.3. The molecule has 5 heteroatoms. The van der Waals surface area contributed by atoms with E-state index >= 15 is 0 Å². The number of rotatable bonds is 4. The van der Waals surface area contributed by atoms with Crippen LogP contribution in [0.2, 0.25) is 0 Å². The summed E-state index contributed by atoms with van der Waals surface area (Å²) in [5.41, 5.74) is 0.532. The van der Waals surface area contributed by atoms with Crippen molar-refractivity contribution >= 4 is 22.2 Å². The first-order valence-electron chi connectivity index (χ1n) is 4.03. The number of halogens is 1. The summed E-state index contributed by atoms with van der Waals surface area (Å²) in [4.78, 5) is 14.3. The molecule has 2 N–H and O–H groups in total. The first-order chi connectivity index (χ1) is 6.69. The quantitative estimate of drug-likeness (QED) is 0.617. The van der Waals surface area contributed by atoms with E-state index in [1.165, 1.54) is 6.07 Å². The van der Waals surface area contributed by atoms with Gasteiger partial charge in [-0.2, -0.15) is 0 Å². The Morgan fingerprint density at radius 3 is 2.79 bits per heavy atom. The second-order valence-electron chi connectivity index (χ2n) is 2.77. The van der Waals surface area contributed by atoms with Crippen molar-refractivity contribution in [1.82, 2.24) is 4.98 Å². The summed E-state index contributed by atoms with van der Waals surface area (Å²) in [7, 11) is 0. The minimum Gasteiger partial charge on any atom is -0.389 e. The van der Waals surface area contributed by atoms with Crippen molar-refractivity contribution in [1.29, 1.82) is 0 Å². The van der Waals surface area contributed by atoms with E-state index in [-0.39, 0.29) is 11.0 Å². The Balaban J connectivity index is 2.89. The van der Waals surface area contributed by atoms with Crippen molar-refractivity contribution in [2.45, 2.75) is 12.2 Å². The second-order valence-corrected chi connectivity index (χ2v) is 3.42. The molecule has 2 atom stereocenters. The molecular formula is C9H10BrNO3. The van der Waals surface area contributed by atoms with Crippen molar-refractivity contribution in [3.8, 4) is 0 Å². The van der Waals surface area contributed by atoms with Gasteiger partial charge in [-0.05, 0) is 12.1 Å². The maximum atomic E-state index is 10.4. The van der Waals surface area contributed by atoms with E-state index < -0.39 is 12.2 Å². The van der Waals surface area contributed by atoms with Crippen LogP contribution in [0, 0.1) is 0 Å². The second kappa shape index (κ2) is 5.19. The highest BCUT2D eigenvalue weighted by atomic mass is 79.9. The van der Waals surface area contributed by atoms with E-state index in [0.717, 1.165) is 0 Å². The van der Waals surface area contributed by atoms with Crippen LogP contribution in [0.3, 0.4) is 0 Å². The van der Waals surface area contributed by atoms with Crippen LogP contribution in [0.1, 0.15) is 22.3 Å². The van der Waals surface area contributed by atoms with Gasteiger partial charge in [0.05, 0.1) is 11.8 Å². The number of alkyl halides is 1. The van der Waals surface area contributed by atoms with Gasteiger partial charge in [0.2, 0.25) is 0 Å². The maximum Gasteiger partial charge on any atom is 0.168 e. The third-order valence-corrected chi connectivity index (χ3v) is 2.40. The smallest absolute Gasteiger partial charge is 0.168 e. The summed E-state index contributed by atoms with van der Waals surface area (Å²) in [6.07, 6.45) is -1.41. The Morgan fingerprint density at radius 1 is 1.50 bits per heavy atom. The summed E-state index contributed by atoms with van der Waals surface area (Å²) in [6.45, 7) is 0. The number of aliphatic hydroxyl groups excluding tert-OH is 2. The molecule has 0 bridgehead atoms. The number of pyridine rings is 1. The van der Waals surface area contributed by atoms with Crippen LogP contribution in [0.15, 0.2) is 18.2 Å². The fraction of sp³-hybridized carbons (Fsp3) is 0.333. The summed E-state index contributed by atoms with van der Waals surface area (Å²) < 4.78 is 0. The maximum absolute atomic E-state index is 10.4. The molecule has 0 aliphatic rings. The average molecular weight is 260 g/mol. The van der Waals surface area contributed by atoms with Crippen LogP contribution < -0.4 is 0 Å². The van der Waals surface area contributed by atoms with Gasteiger partial charge in [-0.25, -0.2) is 4.98 Å². The monoisotopic (exact) mass is 259 g/mol. The molecule has 0 aliphatic heterocycles. The van der Waals surface area contributed by atoms with Gasteiger partial charge in [0.15, 0.2) is 6.29 Å². The molecule has 1 rings (SSSR count). The van der Waals surface area contributed by atoms with Gasteiger partial charge in [0.25, 0.3) is 0 Å². The lowest BCUT2D eigenvalue weighted by atomic mass is 10.1. The highest BCUT2D eigenvalue weighted by molar-refractivity contribution is 9.09. The molecule has 0 aliphatic carbocycles. The molecule has 1 aromatic rings. The molecule has 0 fully saturated rings. The SMILES string of the molecule is O=Cc1cccc(C(O)C(O)CBr)n1. The number of carbonyl (C=O) groups is 1. The first-order valence-corrected chi connectivity index (χ1v) is 5.15. The molecule has 0 radical (unpaired) electrons. The van der Waals surface area contributed by atoms with Crippen molar-refractivity contribution in [3.63, 3.8) is 0 Å². The van der Waals surface area contributed by atoms with Gasteiger partial charge >= 0.3 is 0 Å². The van der Waals surface area contributed by atoms with E-state index in [2.05, 4.69) is 20.9 Å². The number of aldehydes is 1. The highest BCUT2D eigenvalue weighted by Crippen LogP contribution is 2.15. The lowest BCUT2D eigenvalue weighted by molar-refractivity contribution is 0.0314. The molecule has 0 aromatic carbocycles. The molecule has 1 aromatic heterocycles. The highest BCUT2D eigenvalue weighted by Gasteiger charge is 2.18. The summed E-state index contributed by atoms with van der Waals surface area (Å²) in [6, 6.07) is 4.70. The van der Waals surface area contributed by atoms with Gasteiger partial charge in [0, 0.05) is 5.33 Å². The van der Waals surface area contributed by atoms with Crippen molar-refractivity contribution in [2.24, 2.45) is 0 Å². The van der Waals surface area contributed by atoms with Crippen molar-refractivity contribution < 1.29 is 15.0 Å². The van der Waals surface area contributed by atoms with E-state index in [1.807, 2.05) is 0 Å². The lowest BCUT2D eigenvalue weighted by Crippen LogP contribution is -2.20. The summed E-state index contributed by atoms with van der Waals surface area (Å²) >= 11 is 3.04. The van der Waals surface area contributed by atoms with Gasteiger partial charge < -0.3 is 10.2 Å². The predicted molar refractivity (Wildman–Crippen MR) is 54.4 cm³/mol. The molecule has 0 saturated heterocycles. The molecule has 4 nitrogen and oxygen atoms in total. The fourth-order valence-corrected chi connectivity index (χ4v) is 1.33. The number of aromatic nitrogens is 1. The van der Waals surface area contributed by atoms with E-state index in [4.69, 9.17) is 0 Å². The van der Waals surface area contributed by atoms with Crippen LogP contribution in [0.5, 0.6) is 0 Å². The Hall–Kier alpha value is -0.780. The van der Waals surface area contributed by atoms with E-state index in [1.54, 1.807) is 12.1 Å². The van der Waals surface area contributed by atoms with Crippen molar-refractivity contribution in [2.75, 3.05) is 5.33 Å². The normalized spacial score (nSPS) is 14.8. The topological polar surface area (TPSA) is 70.4 Å². The summed E-state index contributed by atoms with van der Waals surface area (Å²) in [5, 5.41) is 19.1. The predicted octanol–water partition coefficient (Wildman–Crippen LogP) is 0.683. The minimum atomic E-state index is -1.07. The Kier molecular flexibility index (Phi) is 4.19. The van der Waals surface area contributed by atoms with Gasteiger partial charge in [0.1, 0.15) is 11.8 Å². The fourth-order valence-electron chi connectivity index (χ4n) is 0.981. The lowest BCUT2D eigenvalue weighted by Gasteiger charge is -2.14. The summed E-state index contributed by atoms with van der Waals surface area (Å²) in [5.74, 6) is 0. The number of hydrogen-bond donors (Lipinski definition) is 2. The standard InChI is InChI=1S/C9H10BrNO3/c10-4-8(13)9(14)7-3-1-2-6(5-12)11-7/h1-3,5,8-9,13-14H,4H2. The van der Waals surface area contributed by atoms with Crippen LogP contribution in [-0.2, 0) is 0 Å². The molecule has 76 valence electrons. The van der Waals surface area contributed by atoms with Crippen molar-refractivity contribution in [3.05, 3.63) is 29.6 Å². The Labute approximate surface area is 89.7 Å². The molecule has 2 unspecified atom stereocenters. The zero-order valence-electron chi connectivity index (χ0n) is 7.30. The average Bonchev–Trinajstić information content (AvgIpc) is 2.27. The molecule has 0 amide bonds. The van der Waals surface area contributed by atoms with Crippen LogP contribution >= 0.6 is 15.9 Å². The Morgan fingerprint density at radius 2 is 2.21 bits per heavy atom. The van der Waals surface area contributed by atoms with Crippen LogP contribution in [0.4, 0.5) is 0 Å². The zero-order valence-corrected chi connectivity index (χ0v) is 8.89. The van der Waals surface area contributed by atoms with E-state index in [9.17, 15) is 15.0 Å². The minimum absolute atomic E-state index is 0.239. The molecule has 0 saturated carbocycles. The number of carbonyl (C=O) groups excluding carboxylic acids is 1. The van der Waals surface area contributed by atoms with Gasteiger partial charge in [-0.15, -0.1) is 0 Å². The molecular weight excluding hydrogens is 250 g/mol. The van der Waals surface area contributed by atoms with Crippen LogP contribution in [-0.4, -0.2) is 32.9 Å². The Bertz CT molecular complexity index is 319. The van der Waals surface area contributed by atoms with E-state index in [0.29, 0.717) is 12.0 Å². The molecule has 1 heterocycles. The van der Waals surface area contributed by atoms with Gasteiger partial charge in [-0.1, -0.05) is 22.0 Å². The number of hydrogen-bond acceptors (Lipinski definition) is 4. The zero-order chi connectivity index (χ0) is 10.6. The molecule has 14 heavy (non-hydrogen) atoms. The largest absolute Gasteiger partial charge is 0.389 e. The number of aliphatic hydroxyl groups is 2. The van der Waals surface area contributed by atoms with Crippen LogP contribution in [0.25, 0.3) is 0 Å². The molecule has 0 spiro atoms.